The molecule has 2 aromatic rings. The van der Waals surface area contributed by atoms with Crippen molar-refractivity contribution in [1.82, 2.24) is 4.90 Å². The highest BCUT2D eigenvalue weighted by atomic mass is 16.5. The number of methoxy groups -OCH3 is 1. The molecule has 1 N–H and O–H groups in total. The van der Waals surface area contributed by atoms with E-state index in [0.29, 0.717) is 24.5 Å². The van der Waals surface area contributed by atoms with Crippen LogP contribution < -0.4 is 9.47 Å². The Morgan fingerprint density at radius 3 is 2.46 bits per heavy atom. The van der Waals surface area contributed by atoms with Crippen LogP contribution in [0, 0.1) is 13.8 Å². The van der Waals surface area contributed by atoms with Crippen molar-refractivity contribution in [1.29, 1.82) is 0 Å². The van der Waals surface area contributed by atoms with Crippen molar-refractivity contribution in [3.05, 3.63) is 58.7 Å². The number of benzene rings is 2. The number of carboxylic acids is 1. The minimum atomic E-state index is -0.759. The molecular formula is C23H29NO4. The van der Waals surface area contributed by atoms with E-state index < -0.39 is 12.0 Å². The SMILES string of the molecule is CCOc1cc(C(c2cc(C)cc(C)c2)N2CCCC2C(=O)O)ccc1OC. The Labute approximate surface area is 166 Å². The Kier molecular flexibility index (Phi) is 6.25. The number of carbonyl (C=O) groups is 1. The summed E-state index contributed by atoms with van der Waals surface area (Å²) in [4.78, 5) is 14.0. The normalized spacial score (nSPS) is 18.1. The van der Waals surface area contributed by atoms with Gasteiger partial charge in [0.05, 0.1) is 19.8 Å². The molecule has 5 nitrogen and oxygen atoms in total. The molecule has 0 radical (unpaired) electrons. The molecule has 28 heavy (non-hydrogen) atoms. The van der Waals surface area contributed by atoms with Crippen molar-refractivity contribution in [2.24, 2.45) is 0 Å². The second-order valence-electron chi connectivity index (χ2n) is 7.40. The Morgan fingerprint density at radius 2 is 1.86 bits per heavy atom. The zero-order valence-electron chi connectivity index (χ0n) is 17.1. The first-order valence-corrected chi connectivity index (χ1v) is 9.82. The van der Waals surface area contributed by atoms with Crippen molar-refractivity contribution in [3.8, 4) is 11.5 Å². The minimum absolute atomic E-state index is 0.146. The summed E-state index contributed by atoms with van der Waals surface area (Å²) in [7, 11) is 1.62. The predicted molar refractivity (Wildman–Crippen MR) is 109 cm³/mol. The summed E-state index contributed by atoms with van der Waals surface area (Å²) in [5.41, 5.74) is 4.47. The second kappa shape index (κ2) is 8.65. The second-order valence-corrected chi connectivity index (χ2v) is 7.40. The van der Waals surface area contributed by atoms with Gasteiger partial charge in [-0.05, 0) is 56.9 Å². The average molecular weight is 383 g/mol. The zero-order valence-corrected chi connectivity index (χ0v) is 17.1. The molecule has 0 aliphatic carbocycles. The molecule has 0 bridgehead atoms. The molecule has 3 rings (SSSR count). The van der Waals surface area contributed by atoms with Crippen LogP contribution in [0.1, 0.15) is 48.1 Å². The van der Waals surface area contributed by atoms with Crippen LogP contribution in [0.4, 0.5) is 0 Å². The number of rotatable bonds is 7. The molecule has 0 amide bonds. The smallest absolute Gasteiger partial charge is 0.320 e. The van der Waals surface area contributed by atoms with E-state index in [1.807, 2.05) is 25.1 Å². The van der Waals surface area contributed by atoms with E-state index in [1.54, 1.807) is 7.11 Å². The third kappa shape index (κ3) is 4.14. The summed E-state index contributed by atoms with van der Waals surface area (Å²) in [6.45, 7) is 7.38. The molecule has 1 aliphatic rings. The molecule has 1 fully saturated rings. The van der Waals surface area contributed by atoms with Gasteiger partial charge in [0.15, 0.2) is 11.5 Å². The van der Waals surface area contributed by atoms with E-state index >= 15 is 0 Å². The summed E-state index contributed by atoms with van der Waals surface area (Å²) in [6.07, 6.45) is 1.55. The number of likely N-dealkylation sites (tertiary alicyclic amines) is 1. The van der Waals surface area contributed by atoms with Crippen LogP contribution in [0.25, 0.3) is 0 Å². The number of aryl methyl sites for hydroxylation is 2. The maximum atomic E-state index is 11.9. The third-order valence-electron chi connectivity index (χ3n) is 5.27. The molecule has 0 saturated carbocycles. The van der Waals surface area contributed by atoms with Gasteiger partial charge in [-0.25, -0.2) is 0 Å². The van der Waals surface area contributed by atoms with Gasteiger partial charge in [0.2, 0.25) is 0 Å². The summed E-state index contributed by atoms with van der Waals surface area (Å²) in [5.74, 6) is 0.606. The van der Waals surface area contributed by atoms with Crippen molar-refractivity contribution >= 4 is 5.97 Å². The largest absolute Gasteiger partial charge is 0.493 e. The van der Waals surface area contributed by atoms with Gasteiger partial charge in [0, 0.05) is 6.54 Å². The van der Waals surface area contributed by atoms with Crippen molar-refractivity contribution in [2.45, 2.75) is 45.7 Å². The molecule has 150 valence electrons. The summed E-state index contributed by atoms with van der Waals surface area (Å²) in [6, 6.07) is 11.7. The van der Waals surface area contributed by atoms with E-state index in [4.69, 9.17) is 9.47 Å². The number of ether oxygens (including phenoxy) is 2. The van der Waals surface area contributed by atoms with E-state index in [9.17, 15) is 9.90 Å². The maximum absolute atomic E-state index is 11.9. The quantitative estimate of drug-likeness (QED) is 0.770. The number of hydrogen-bond acceptors (Lipinski definition) is 4. The topological polar surface area (TPSA) is 59.0 Å². The molecule has 2 unspecified atom stereocenters. The van der Waals surface area contributed by atoms with Crippen LogP contribution in [-0.2, 0) is 4.79 Å². The van der Waals surface area contributed by atoms with Crippen LogP contribution in [0.5, 0.6) is 11.5 Å². The van der Waals surface area contributed by atoms with Crippen LogP contribution in [0.15, 0.2) is 36.4 Å². The predicted octanol–water partition coefficient (Wildman–Crippen LogP) is 4.35. The van der Waals surface area contributed by atoms with Gasteiger partial charge in [0.1, 0.15) is 6.04 Å². The molecule has 1 heterocycles. The fourth-order valence-electron chi connectivity index (χ4n) is 4.24. The van der Waals surface area contributed by atoms with Crippen LogP contribution in [-0.4, -0.2) is 42.3 Å². The Hall–Kier alpha value is -2.53. The third-order valence-corrected chi connectivity index (χ3v) is 5.27. The van der Waals surface area contributed by atoms with Crippen LogP contribution in [0.3, 0.4) is 0 Å². The summed E-state index contributed by atoms with van der Waals surface area (Å²) >= 11 is 0. The number of nitrogens with zero attached hydrogens (tertiary/aromatic N) is 1. The van der Waals surface area contributed by atoms with Crippen molar-refractivity contribution < 1.29 is 19.4 Å². The van der Waals surface area contributed by atoms with Gasteiger partial charge in [-0.1, -0.05) is 35.4 Å². The van der Waals surface area contributed by atoms with Crippen molar-refractivity contribution in [2.75, 3.05) is 20.3 Å². The highest BCUT2D eigenvalue weighted by molar-refractivity contribution is 5.74. The Morgan fingerprint density at radius 1 is 1.14 bits per heavy atom. The van der Waals surface area contributed by atoms with E-state index in [0.717, 1.165) is 24.1 Å². The lowest BCUT2D eigenvalue weighted by Gasteiger charge is -2.32. The van der Waals surface area contributed by atoms with Gasteiger partial charge < -0.3 is 14.6 Å². The molecule has 1 aliphatic heterocycles. The lowest BCUT2D eigenvalue weighted by atomic mass is 9.93. The number of hydrogen-bond donors (Lipinski definition) is 1. The first-order chi connectivity index (χ1) is 13.4. The fraction of sp³-hybridized carbons (Fsp3) is 0.435. The summed E-state index contributed by atoms with van der Waals surface area (Å²) in [5, 5.41) is 9.77. The van der Waals surface area contributed by atoms with E-state index in [1.165, 1.54) is 11.1 Å². The molecular weight excluding hydrogens is 354 g/mol. The Bertz CT molecular complexity index is 828. The highest BCUT2D eigenvalue weighted by Crippen LogP contribution is 2.39. The van der Waals surface area contributed by atoms with Gasteiger partial charge >= 0.3 is 5.97 Å². The molecule has 0 spiro atoms. The number of carboxylic acid groups (broad SMARTS) is 1. The fourth-order valence-corrected chi connectivity index (χ4v) is 4.24. The first kappa shape index (κ1) is 20.2. The maximum Gasteiger partial charge on any atom is 0.320 e. The standard InChI is InChI=1S/C23H29NO4/c1-5-28-21-14-17(8-9-20(21)27-4)22(18-12-15(2)11-16(3)13-18)24-10-6-7-19(24)23(25)26/h8-9,11-14,19,22H,5-7,10H2,1-4H3,(H,25,26). The lowest BCUT2D eigenvalue weighted by Crippen LogP contribution is -2.39. The first-order valence-electron chi connectivity index (χ1n) is 9.82. The Balaban J connectivity index is 2.13. The minimum Gasteiger partial charge on any atom is -0.493 e. The van der Waals surface area contributed by atoms with Crippen LogP contribution >= 0.6 is 0 Å². The summed E-state index contributed by atoms with van der Waals surface area (Å²) < 4.78 is 11.2. The zero-order chi connectivity index (χ0) is 20.3. The highest BCUT2D eigenvalue weighted by Gasteiger charge is 2.37. The van der Waals surface area contributed by atoms with Gasteiger partial charge in [0.25, 0.3) is 0 Å². The van der Waals surface area contributed by atoms with Crippen LogP contribution in [0.2, 0.25) is 0 Å². The van der Waals surface area contributed by atoms with Gasteiger partial charge in [-0.2, -0.15) is 0 Å². The van der Waals surface area contributed by atoms with Gasteiger partial charge in [-0.3, -0.25) is 9.69 Å². The monoisotopic (exact) mass is 383 g/mol. The molecule has 1 saturated heterocycles. The molecule has 5 heteroatoms. The number of aliphatic carboxylic acids is 1. The average Bonchev–Trinajstić information content (AvgIpc) is 3.11. The molecule has 0 aromatic heterocycles. The van der Waals surface area contributed by atoms with Gasteiger partial charge in [-0.15, -0.1) is 0 Å². The molecule has 2 aromatic carbocycles. The lowest BCUT2D eigenvalue weighted by molar-refractivity contribution is -0.142. The van der Waals surface area contributed by atoms with E-state index in [-0.39, 0.29) is 6.04 Å². The van der Waals surface area contributed by atoms with Crippen molar-refractivity contribution in [3.63, 3.8) is 0 Å². The molecule has 2 atom stereocenters. The van der Waals surface area contributed by atoms with E-state index in [2.05, 4.69) is 36.9 Å².